The molecule has 17 heavy (non-hydrogen) atoms. The van der Waals surface area contributed by atoms with Crippen molar-refractivity contribution < 1.29 is 0 Å². The van der Waals surface area contributed by atoms with Gasteiger partial charge in [0.15, 0.2) is 0 Å². The molecule has 0 bridgehead atoms. The van der Waals surface area contributed by atoms with Crippen LogP contribution in [0.25, 0.3) is 0 Å². The summed E-state index contributed by atoms with van der Waals surface area (Å²) in [7, 11) is 2.05. The molecule has 2 rings (SSSR count). The molecule has 1 N–H and O–H groups in total. The summed E-state index contributed by atoms with van der Waals surface area (Å²) in [5.74, 6) is 0. The third-order valence-corrected chi connectivity index (χ3v) is 4.02. The lowest BCUT2D eigenvalue weighted by molar-refractivity contribution is 0.322. The van der Waals surface area contributed by atoms with E-state index in [0.29, 0.717) is 6.04 Å². The quantitative estimate of drug-likeness (QED) is 0.921. The van der Waals surface area contributed by atoms with E-state index in [9.17, 15) is 0 Å². The Balaban J connectivity index is 0.00000144. The van der Waals surface area contributed by atoms with Gasteiger partial charge in [0.25, 0.3) is 0 Å². The Morgan fingerprint density at radius 1 is 1.47 bits per heavy atom. The van der Waals surface area contributed by atoms with Gasteiger partial charge in [-0.3, -0.25) is 4.90 Å². The van der Waals surface area contributed by atoms with Crippen molar-refractivity contribution in [1.82, 2.24) is 10.2 Å². The van der Waals surface area contributed by atoms with Gasteiger partial charge in [0.05, 0.1) is 0 Å². The van der Waals surface area contributed by atoms with E-state index in [-0.39, 0.29) is 12.4 Å². The van der Waals surface area contributed by atoms with Gasteiger partial charge in [0.1, 0.15) is 0 Å². The number of rotatable bonds is 3. The van der Waals surface area contributed by atoms with Gasteiger partial charge < -0.3 is 5.32 Å². The van der Waals surface area contributed by atoms with Crippen LogP contribution in [0.5, 0.6) is 0 Å². The zero-order valence-corrected chi connectivity index (χ0v) is 12.8. The predicted molar refractivity (Wildman–Crippen MR) is 78.9 cm³/mol. The van der Waals surface area contributed by atoms with Crippen molar-refractivity contribution in [3.8, 4) is 0 Å². The van der Waals surface area contributed by atoms with Gasteiger partial charge in [-0.2, -0.15) is 0 Å². The second-order valence-electron chi connectivity index (χ2n) is 4.60. The third kappa shape index (κ3) is 3.95. The molecular weight excluding hydrogens is 300 g/mol. The van der Waals surface area contributed by atoms with Crippen molar-refractivity contribution in [2.75, 3.05) is 20.1 Å². The van der Waals surface area contributed by atoms with Crippen molar-refractivity contribution in [3.63, 3.8) is 0 Å². The van der Waals surface area contributed by atoms with Crippen molar-refractivity contribution >= 4 is 28.3 Å². The monoisotopic (exact) mass is 318 g/mol. The zero-order chi connectivity index (χ0) is 11.5. The number of halogens is 2. The predicted octanol–water partition coefficient (Wildman–Crippen LogP) is 2.97. The molecule has 1 fully saturated rings. The summed E-state index contributed by atoms with van der Waals surface area (Å²) in [5, 5.41) is 3.35. The number of likely N-dealkylation sites (tertiary alicyclic amines) is 1. The zero-order valence-electron chi connectivity index (χ0n) is 10.4. The second-order valence-corrected chi connectivity index (χ2v) is 5.46. The minimum Gasteiger partial charge on any atom is -0.316 e. The Labute approximate surface area is 118 Å². The number of nitrogens with one attached hydrogen (secondary N) is 1. The largest absolute Gasteiger partial charge is 0.316 e. The summed E-state index contributed by atoms with van der Waals surface area (Å²) in [6, 6.07) is 7.28. The van der Waals surface area contributed by atoms with E-state index in [4.69, 9.17) is 0 Å². The molecule has 1 aliphatic rings. The van der Waals surface area contributed by atoms with Crippen LogP contribution < -0.4 is 5.32 Å². The van der Waals surface area contributed by atoms with E-state index in [1.54, 1.807) is 0 Å². The number of aryl methyl sites for hydroxylation is 1. The molecule has 0 aromatic heterocycles. The maximum absolute atomic E-state index is 3.64. The summed E-state index contributed by atoms with van der Waals surface area (Å²) in [6.07, 6.45) is 1.26. The standard InChI is InChI=1S/C13H19BrN2.ClH/c1-10-3-4-11(13(14)7-10)8-16-6-5-12(9-16)15-2;/h3-4,7,12,15H,5-6,8-9H2,1-2H3;1H. The van der Waals surface area contributed by atoms with E-state index in [2.05, 4.69) is 58.3 Å². The van der Waals surface area contributed by atoms with Crippen molar-refractivity contribution in [3.05, 3.63) is 33.8 Å². The van der Waals surface area contributed by atoms with Crippen molar-refractivity contribution in [2.45, 2.75) is 25.9 Å². The minimum absolute atomic E-state index is 0. The fourth-order valence-corrected chi connectivity index (χ4v) is 2.85. The maximum atomic E-state index is 3.64. The minimum atomic E-state index is 0. The molecule has 2 nitrogen and oxygen atoms in total. The molecule has 0 amide bonds. The van der Waals surface area contributed by atoms with Crippen LogP contribution >= 0.6 is 28.3 Å². The first-order valence-electron chi connectivity index (χ1n) is 5.83. The highest BCUT2D eigenvalue weighted by Crippen LogP contribution is 2.21. The fraction of sp³-hybridized carbons (Fsp3) is 0.538. The van der Waals surface area contributed by atoms with E-state index < -0.39 is 0 Å². The van der Waals surface area contributed by atoms with Gasteiger partial charge in [-0.05, 0) is 37.6 Å². The van der Waals surface area contributed by atoms with Crippen LogP contribution in [-0.4, -0.2) is 31.1 Å². The molecule has 4 heteroatoms. The normalized spacial score (nSPS) is 20.3. The fourth-order valence-electron chi connectivity index (χ4n) is 2.23. The van der Waals surface area contributed by atoms with Crippen LogP contribution in [0.4, 0.5) is 0 Å². The first-order chi connectivity index (χ1) is 7.69. The lowest BCUT2D eigenvalue weighted by atomic mass is 10.1. The molecule has 1 aromatic rings. The summed E-state index contributed by atoms with van der Waals surface area (Å²) >= 11 is 3.64. The van der Waals surface area contributed by atoms with Crippen LogP contribution in [0.2, 0.25) is 0 Å². The lowest BCUT2D eigenvalue weighted by Crippen LogP contribution is -2.29. The highest BCUT2D eigenvalue weighted by Gasteiger charge is 2.21. The molecule has 0 radical (unpaired) electrons. The van der Waals surface area contributed by atoms with E-state index in [1.807, 2.05) is 0 Å². The van der Waals surface area contributed by atoms with Gasteiger partial charge in [-0.25, -0.2) is 0 Å². The van der Waals surface area contributed by atoms with E-state index in [0.717, 1.165) is 13.1 Å². The number of nitrogens with zero attached hydrogens (tertiary/aromatic N) is 1. The summed E-state index contributed by atoms with van der Waals surface area (Å²) in [5.41, 5.74) is 2.70. The summed E-state index contributed by atoms with van der Waals surface area (Å²) in [4.78, 5) is 2.51. The average Bonchev–Trinajstić information content (AvgIpc) is 2.70. The average molecular weight is 320 g/mol. The molecule has 0 saturated carbocycles. The summed E-state index contributed by atoms with van der Waals surface area (Å²) < 4.78 is 1.24. The molecule has 1 aromatic carbocycles. The Morgan fingerprint density at radius 3 is 2.82 bits per heavy atom. The van der Waals surface area contributed by atoms with Crippen molar-refractivity contribution in [1.29, 1.82) is 0 Å². The number of hydrogen-bond donors (Lipinski definition) is 1. The molecule has 1 aliphatic heterocycles. The van der Waals surface area contributed by atoms with Crippen LogP contribution in [0.15, 0.2) is 22.7 Å². The topological polar surface area (TPSA) is 15.3 Å². The second kappa shape index (κ2) is 6.74. The van der Waals surface area contributed by atoms with Crippen LogP contribution in [0.3, 0.4) is 0 Å². The molecule has 0 aliphatic carbocycles. The van der Waals surface area contributed by atoms with E-state index >= 15 is 0 Å². The van der Waals surface area contributed by atoms with Gasteiger partial charge >= 0.3 is 0 Å². The number of benzene rings is 1. The molecule has 1 saturated heterocycles. The van der Waals surface area contributed by atoms with Crippen LogP contribution in [0.1, 0.15) is 17.5 Å². The van der Waals surface area contributed by atoms with Gasteiger partial charge in [-0.1, -0.05) is 28.1 Å². The molecular formula is C13H20BrClN2. The van der Waals surface area contributed by atoms with Gasteiger partial charge in [0.2, 0.25) is 0 Å². The first-order valence-corrected chi connectivity index (χ1v) is 6.63. The Hall–Kier alpha value is -0.0900. The third-order valence-electron chi connectivity index (χ3n) is 3.28. The molecule has 0 spiro atoms. The van der Waals surface area contributed by atoms with Crippen LogP contribution in [-0.2, 0) is 6.54 Å². The lowest BCUT2D eigenvalue weighted by Gasteiger charge is -2.17. The highest BCUT2D eigenvalue weighted by atomic mass is 79.9. The maximum Gasteiger partial charge on any atom is 0.0245 e. The molecule has 1 atom stereocenters. The van der Waals surface area contributed by atoms with Crippen molar-refractivity contribution in [2.24, 2.45) is 0 Å². The number of likely N-dealkylation sites (N-methyl/N-ethyl adjacent to an activating group) is 1. The van der Waals surface area contributed by atoms with E-state index in [1.165, 1.54) is 28.6 Å². The Morgan fingerprint density at radius 2 is 2.24 bits per heavy atom. The Bertz CT molecular complexity index is 370. The van der Waals surface area contributed by atoms with Gasteiger partial charge in [0, 0.05) is 30.1 Å². The molecule has 1 heterocycles. The van der Waals surface area contributed by atoms with Crippen LogP contribution in [0, 0.1) is 6.92 Å². The molecule has 1 unspecified atom stereocenters. The Kier molecular flexibility index (Phi) is 5.93. The summed E-state index contributed by atoms with van der Waals surface area (Å²) in [6.45, 7) is 5.54. The highest BCUT2D eigenvalue weighted by molar-refractivity contribution is 9.10. The first kappa shape index (κ1) is 15.0. The number of hydrogen-bond acceptors (Lipinski definition) is 2. The smallest absolute Gasteiger partial charge is 0.0245 e. The SMILES string of the molecule is CNC1CCN(Cc2ccc(C)cc2Br)C1.Cl. The van der Waals surface area contributed by atoms with Gasteiger partial charge in [-0.15, -0.1) is 12.4 Å². The molecule has 96 valence electrons.